The van der Waals surface area contributed by atoms with Gasteiger partial charge >= 0.3 is 0 Å². The van der Waals surface area contributed by atoms with Crippen LogP contribution in [0.5, 0.6) is 5.75 Å². The Morgan fingerprint density at radius 2 is 1.91 bits per heavy atom. The van der Waals surface area contributed by atoms with Gasteiger partial charge in [0.2, 0.25) is 0 Å². The Balaban J connectivity index is 1.70. The summed E-state index contributed by atoms with van der Waals surface area (Å²) in [5.41, 5.74) is 6.26. The van der Waals surface area contributed by atoms with Crippen LogP contribution in [0.15, 0.2) is 47.2 Å². The summed E-state index contributed by atoms with van der Waals surface area (Å²) in [7, 11) is 1.67. The number of benzene rings is 2. The van der Waals surface area contributed by atoms with Crippen molar-refractivity contribution in [3.63, 3.8) is 0 Å². The van der Waals surface area contributed by atoms with Crippen LogP contribution in [0, 0.1) is 20.8 Å². The second kappa shape index (κ2) is 6.65. The maximum atomic E-state index is 5.79. The molecule has 0 spiro atoms. The lowest BCUT2D eigenvalue weighted by Crippen LogP contribution is -2.00. The maximum absolute atomic E-state index is 5.79. The normalized spacial score (nSPS) is 11.8. The predicted molar refractivity (Wildman–Crippen MR) is 122 cm³/mol. The zero-order valence-corrected chi connectivity index (χ0v) is 18.1. The average Bonchev–Trinajstić information content (AvgIpc) is 3.46. The highest BCUT2D eigenvalue weighted by Crippen LogP contribution is 2.40. The van der Waals surface area contributed by atoms with E-state index in [1.807, 2.05) is 55.7 Å². The van der Waals surface area contributed by atoms with E-state index >= 15 is 0 Å². The summed E-state index contributed by atoms with van der Waals surface area (Å²) in [6.07, 6.45) is 1.81. The Kier molecular flexibility index (Phi) is 3.86. The van der Waals surface area contributed by atoms with Crippen LogP contribution >= 0.6 is 0 Å². The zero-order valence-electron chi connectivity index (χ0n) is 18.1. The first-order valence-corrected chi connectivity index (χ1v) is 10.3. The van der Waals surface area contributed by atoms with E-state index in [-0.39, 0.29) is 0 Å². The highest BCUT2D eigenvalue weighted by molar-refractivity contribution is 6.11. The fourth-order valence-corrected chi connectivity index (χ4v) is 4.45. The molecular weight excluding hydrogens is 404 g/mol. The van der Waals surface area contributed by atoms with Gasteiger partial charge in [-0.1, -0.05) is 17.3 Å². The van der Waals surface area contributed by atoms with Crippen LogP contribution in [0.3, 0.4) is 0 Å². The number of nitrogens with one attached hydrogen (secondary N) is 1. The first-order valence-electron chi connectivity index (χ1n) is 10.3. The van der Waals surface area contributed by atoms with Gasteiger partial charge in [-0.2, -0.15) is 0 Å². The van der Waals surface area contributed by atoms with E-state index in [0.29, 0.717) is 5.82 Å². The number of hydrogen-bond acceptors (Lipinski definition) is 6. The van der Waals surface area contributed by atoms with Crippen molar-refractivity contribution in [3.05, 3.63) is 60.0 Å². The summed E-state index contributed by atoms with van der Waals surface area (Å²) in [5, 5.41) is 5.99. The van der Waals surface area contributed by atoms with E-state index in [1.54, 1.807) is 13.4 Å². The van der Waals surface area contributed by atoms with Crippen molar-refractivity contribution in [3.8, 4) is 22.7 Å². The van der Waals surface area contributed by atoms with Crippen molar-refractivity contribution in [2.75, 3.05) is 7.11 Å². The van der Waals surface area contributed by atoms with Gasteiger partial charge in [-0.15, -0.1) is 0 Å². The molecule has 0 bridgehead atoms. The van der Waals surface area contributed by atoms with Crippen LogP contribution in [0.2, 0.25) is 0 Å². The molecule has 0 atom stereocenters. The quantitative estimate of drug-likeness (QED) is 0.428. The number of para-hydroxylation sites is 2. The van der Waals surface area contributed by atoms with E-state index in [4.69, 9.17) is 14.2 Å². The molecule has 4 heterocycles. The standard InChI is InChI=1S/C24H20N6O2/c1-12-21(13(2)32-29-12)16-9-18-15(10-20(16)31-4)22-23(28-18)26-14(3)27-24(22)30-11-25-17-7-5-6-8-19(17)30/h5-11H,1-4H3,(H,26,27,28). The molecule has 0 radical (unpaired) electrons. The predicted octanol–water partition coefficient (Wildman–Crippen LogP) is 5.04. The van der Waals surface area contributed by atoms with Crippen LogP contribution < -0.4 is 4.74 Å². The van der Waals surface area contributed by atoms with Gasteiger partial charge < -0.3 is 14.2 Å². The number of aromatic nitrogens is 6. The summed E-state index contributed by atoms with van der Waals surface area (Å²) < 4.78 is 13.2. The molecule has 8 nitrogen and oxygen atoms in total. The molecule has 0 unspecified atom stereocenters. The number of fused-ring (bicyclic) bond motifs is 4. The largest absolute Gasteiger partial charge is 0.496 e. The molecule has 4 aromatic heterocycles. The van der Waals surface area contributed by atoms with E-state index < -0.39 is 0 Å². The summed E-state index contributed by atoms with van der Waals surface area (Å²) >= 11 is 0. The van der Waals surface area contributed by atoms with Gasteiger partial charge in [-0.3, -0.25) is 4.57 Å². The summed E-state index contributed by atoms with van der Waals surface area (Å²) in [4.78, 5) is 17.5. The third-order valence-corrected chi connectivity index (χ3v) is 5.85. The number of hydrogen-bond donors (Lipinski definition) is 1. The lowest BCUT2D eigenvalue weighted by molar-refractivity contribution is 0.393. The minimum absolute atomic E-state index is 0.676. The molecule has 0 amide bonds. The lowest BCUT2D eigenvalue weighted by atomic mass is 10.0. The fraction of sp³-hybridized carbons (Fsp3) is 0.167. The number of imidazole rings is 1. The Morgan fingerprint density at radius 3 is 2.69 bits per heavy atom. The number of H-pyrrole nitrogens is 1. The number of aryl methyl sites for hydroxylation is 3. The number of nitrogens with zero attached hydrogens (tertiary/aromatic N) is 5. The van der Waals surface area contributed by atoms with Crippen LogP contribution in [0.25, 0.3) is 49.9 Å². The molecule has 0 saturated carbocycles. The molecule has 0 aliphatic rings. The summed E-state index contributed by atoms with van der Waals surface area (Å²) in [5.74, 6) is 2.93. The second-order valence-electron chi connectivity index (χ2n) is 7.84. The number of rotatable bonds is 3. The van der Waals surface area contributed by atoms with Gasteiger partial charge in [-0.25, -0.2) is 15.0 Å². The Morgan fingerprint density at radius 1 is 1.06 bits per heavy atom. The summed E-state index contributed by atoms with van der Waals surface area (Å²) in [6, 6.07) is 12.1. The average molecular weight is 424 g/mol. The zero-order chi connectivity index (χ0) is 22.0. The first kappa shape index (κ1) is 18.6. The molecule has 0 aliphatic carbocycles. The highest BCUT2D eigenvalue weighted by Gasteiger charge is 2.21. The minimum Gasteiger partial charge on any atom is -0.496 e. The first-order chi connectivity index (χ1) is 15.5. The number of ether oxygens (including phenoxy) is 1. The fourth-order valence-electron chi connectivity index (χ4n) is 4.45. The maximum Gasteiger partial charge on any atom is 0.152 e. The van der Waals surface area contributed by atoms with Crippen molar-refractivity contribution in [2.45, 2.75) is 20.8 Å². The summed E-state index contributed by atoms with van der Waals surface area (Å²) in [6.45, 7) is 5.72. The van der Waals surface area contributed by atoms with Crippen molar-refractivity contribution >= 4 is 33.0 Å². The molecule has 1 N–H and O–H groups in total. The molecule has 8 heteroatoms. The third kappa shape index (κ3) is 2.56. The third-order valence-electron chi connectivity index (χ3n) is 5.85. The molecule has 6 rings (SSSR count). The Hall–Kier alpha value is -4.20. The van der Waals surface area contributed by atoms with Gasteiger partial charge in [0, 0.05) is 16.5 Å². The smallest absolute Gasteiger partial charge is 0.152 e. The van der Waals surface area contributed by atoms with Gasteiger partial charge in [-0.05, 0) is 45.0 Å². The number of methoxy groups -OCH3 is 1. The Labute approximate surface area is 182 Å². The van der Waals surface area contributed by atoms with Crippen molar-refractivity contribution in [1.82, 2.24) is 29.7 Å². The van der Waals surface area contributed by atoms with Gasteiger partial charge in [0.25, 0.3) is 0 Å². The van der Waals surface area contributed by atoms with Crippen LogP contribution in [0.1, 0.15) is 17.3 Å². The van der Waals surface area contributed by atoms with Crippen molar-refractivity contribution in [2.24, 2.45) is 0 Å². The van der Waals surface area contributed by atoms with Crippen LogP contribution in [-0.4, -0.2) is 36.8 Å². The minimum atomic E-state index is 0.676. The van der Waals surface area contributed by atoms with Crippen molar-refractivity contribution < 1.29 is 9.26 Å². The second-order valence-corrected chi connectivity index (χ2v) is 7.84. The lowest BCUT2D eigenvalue weighted by Gasteiger charge is -2.10. The van der Waals surface area contributed by atoms with Crippen molar-refractivity contribution in [1.29, 1.82) is 0 Å². The molecule has 0 saturated heterocycles. The van der Waals surface area contributed by atoms with E-state index in [1.165, 1.54) is 0 Å². The molecule has 6 aromatic rings. The molecule has 2 aromatic carbocycles. The number of aromatic amines is 1. The van der Waals surface area contributed by atoms with E-state index in [9.17, 15) is 0 Å². The van der Waals surface area contributed by atoms with Gasteiger partial charge in [0.1, 0.15) is 29.3 Å². The van der Waals surface area contributed by atoms with E-state index in [0.717, 1.165) is 67.1 Å². The Bertz CT molecular complexity index is 1640. The highest BCUT2D eigenvalue weighted by atomic mass is 16.5. The van der Waals surface area contributed by atoms with Gasteiger partial charge in [0.15, 0.2) is 5.82 Å². The van der Waals surface area contributed by atoms with Gasteiger partial charge in [0.05, 0.1) is 34.8 Å². The SMILES string of the molecule is COc1cc2c(cc1-c1c(C)noc1C)[nH]c1nc(C)nc(-n3cnc4ccccc43)c12. The van der Waals surface area contributed by atoms with E-state index in [2.05, 4.69) is 26.2 Å². The molecule has 0 fully saturated rings. The topological polar surface area (TPSA) is 94.7 Å². The molecular formula is C24H20N6O2. The molecule has 32 heavy (non-hydrogen) atoms. The van der Waals surface area contributed by atoms with Crippen LogP contribution in [-0.2, 0) is 0 Å². The molecule has 0 aliphatic heterocycles. The monoisotopic (exact) mass is 424 g/mol. The molecule has 158 valence electrons. The van der Waals surface area contributed by atoms with Crippen LogP contribution in [0.4, 0.5) is 0 Å².